The molecule has 8 nitrogen and oxygen atoms in total. The third-order valence-electron chi connectivity index (χ3n) is 2.21. The van der Waals surface area contributed by atoms with Crippen LogP contribution in [0, 0.1) is 0 Å². The van der Waals surface area contributed by atoms with Crippen LogP contribution >= 0.6 is 0 Å². The molecule has 0 aliphatic carbocycles. The lowest BCUT2D eigenvalue weighted by molar-refractivity contribution is -0.132. The smallest absolute Gasteiger partial charge is 0.239 e. The van der Waals surface area contributed by atoms with E-state index in [2.05, 4.69) is 21.3 Å². The number of carbonyl (C=O) groups excluding carboxylic acids is 4. The van der Waals surface area contributed by atoms with Crippen molar-refractivity contribution in [3.05, 3.63) is 0 Å². The van der Waals surface area contributed by atoms with Crippen LogP contribution in [0.5, 0.6) is 0 Å². The summed E-state index contributed by atoms with van der Waals surface area (Å²) in [6.07, 6.45) is 0.180. The fourth-order valence-corrected chi connectivity index (χ4v) is 1.30. The third-order valence-corrected chi connectivity index (χ3v) is 2.21. The predicted octanol–water partition coefficient (Wildman–Crippen LogP) is -2.75. The van der Waals surface area contributed by atoms with E-state index in [4.69, 9.17) is 0 Å². The zero-order chi connectivity index (χ0) is 13.4. The average Bonchev–Trinajstić information content (AvgIpc) is 2.32. The van der Waals surface area contributed by atoms with Crippen molar-refractivity contribution in [3.8, 4) is 0 Å². The molecule has 1 fully saturated rings. The second-order valence-electron chi connectivity index (χ2n) is 3.78. The van der Waals surface area contributed by atoms with Crippen molar-refractivity contribution < 1.29 is 19.2 Å². The van der Waals surface area contributed by atoms with Crippen LogP contribution in [-0.2, 0) is 19.2 Å². The number of hydrogen-bond acceptors (Lipinski definition) is 4. The van der Waals surface area contributed by atoms with Gasteiger partial charge in [-0.05, 0) is 6.42 Å². The van der Waals surface area contributed by atoms with Gasteiger partial charge in [0.25, 0.3) is 0 Å². The van der Waals surface area contributed by atoms with E-state index in [1.807, 2.05) is 0 Å². The number of nitrogens with one attached hydrogen (secondary N) is 4. The fraction of sp³-hybridized carbons (Fsp3) is 0.600. The largest absolute Gasteiger partial charge is 0.355 e. The highest BCUT2D eigenvalue weighted by atomic mass is 16.2. The number of amides is 4. The van der Waals surface area contributed by atoms with Crippen LogP contribution in [0.3, 0.4) is 0 Å². The van der Waals surface area contributed by atoms with Gasteiger partial charge in [0, 0.05) is 13.1 Å². The van der Waals surface area contributed by atoms with Gasteiger partial charge in [0.1, 0.15) is 6.42 Å². The summed E-state index contributed by atoms with van der Waals surface area (Å²) < 4.78 is 0. The molecule has 0 saturated carbocycles. The van der Waals surface area contributed by atoms with Crippen LogP contribution in [0.15, 0.2) is 0 Å². The van der Waals surface area contributed by atoms with Crippen LogP contribution in [0.25, 0.3) is 0 Å². The van der Waals surface area contributed by atoms with Gasteiger partial charge in [0.05, 0.1) is 13.1 Å². The van der Waals surface area contributed by atoms with Crippen molar-refractivity contribution in [2.75, 3.05) is 26.2 Å². The van der Waals surface area contributed by atoms with Gasteiger partial charge >= 0.3 is 0 Å². The van der Waals surface area contributed by atoms with E-state index in [0.717, 1.165) is 0 Å². The molecule has 4 amide bonds. The summed E-state index contributed by atoms with van der Waals surface area (Å²) in [5.74, 6) is -1.76. The number of hydrogen-bond donors (Lipinski definition) is 4. The average molecular weight is 256 g/mol. The Kier molecular flexibility index (Phi) is 5.62. The molecule has 0 unspecified atom stereocenters. The lowest BCUT2D eigenvalue weighted by Gasteiger charge is -2.10. The van der Waals surface area contributed by atoms with Gasteiger partial charge in [0.15, 0.2) is 0 Å². The normalized spacial score (nSPS) is 20.0. The zero-order valence-corrected chi connectivity index (χ0v) is 9.88. The Hall–Kier alpha value is -2.12. The molecule has 0 aromatic rings. The fourth-order valence-electron chi connectivity index (χ4n) is 1.30. The molecular weight excluding hydrogens is 240 g/mol. The van der Waals surface area contributed by atoms with E-state index >= 15 is 0 Å². The summed E-state index contributed by atoms with van der Waals surface area (Å²) in [6, 6.07) is 0. The zero-order valence-electron chi connectivity index (χ0n) is 9.88. The molecule has 0 spiro atoms. The molecule has 18 heavy (non-hydrogen) atoms. The molecule has 100 valence electrons. The summed E-state index contributed by atoms with van der Waals surface area (Å²) in [6.45, 7) is 0.527. The Labute approximate surface area is 104 Å². The highest BCUT2D eigenvalue weighted by Gasteiger charge is 2.12. The van der Waals surface area contributed by atoms with E-state index < -0.39 is 18.2 Å². The Morgan fingerprint density at radius 1 is 0.611 bits per heavy atom. The van der Waals surface area contributed by atoms with Crippen molar-refractivity contribution in [1.82, 2.24) is 21.3 Å². The van der Waals surface area contributed by atoms with Crippen molar-refractivity contribution in [3.63, 3.8) is 0 Å². The Bertz CT molecular complexity index is 324. The molecule has 1 rings (SSSR count). The Morgan fingerprint density at radius 3 is 1.50 bits per heavy atom. The Morgan fingerprint density at radius 2 is 1.06 bits per heavy atom. The Balaban J connectivity index is 2.48. The number of rotatable bonds is 0. The maximum Gasteiger partial charge on any atom is 0.239 e. The molecule has 1 heterocycles. The molecule has 4 N–H and O–H groups in total. The van der Waals surface area contributed by atoms with Crippen LogP contribution < -0.4 is 21.3 Å². The molecule has 0 aromatic carbocycles. The van der Waals surface area contributed by atoms with E-state index in [1.165, 1.54) is 0 Å². The van der Waals surface area contributed by atoms with Crippen molar-refractivity contribution in [2.45, 2.75) is 12.8 Å². The van der Waals surface area contributed by atoms with Gasteiger partial charge in [-0.1, -0.05) is 0 Å². The van der Waals surface area contributed by atoms with Crippen LogP contribution in [0.1, 0.15) is 12.8 Å². The van der Waals surface area contributed by atoms with E-state index in [9.17, 15) is 19.2 Å². The topological polar surface area (TPSA) is 116 Å². The molecule has 8 heteroatoms. The van der Waals surface area contributed by atoms with Crippen LogP contribution in [-0.4, -0.2) is 49.8 Å². The highest BCUT2D eigenvalue weighted by Crippen LogP contribution is 1.82. The summed E-state index contributed by atoms with van der Waals surface area (Å²) in [5, 5.41) is 9.79. The van der Waals surface area contributed by atoms with Gasteiger partial charge in [-0.15, -0.1) is 0 Å². The van der Waals surface area contributed by atoms with Gasteiger partial charge in [-0.3, -0.25) is 19.2 Å². The minimum absolute atomic E-state index is 0.154. The summed E-state index contributed by atoms with van der Waals surface area (Å²) >= 11 is 0. The molecular formula is C10H16N4O4. The van der Waals surface area contributed by atoms with Gasteiger partial charge in [0.2, 0.25) is 23.6 Å². The highest BCUT2D eigenvalue weighted by molar-refractivity contribution is 5.99. The van der Waals surface area contributed by atoms with Gasteiger partial charge < -0.3 is 21.3 Å². The summed E-state index contributed by atoms with van der Waals surface area (Å²) in [7, 11) is 0. The van der Waals surface area contributed by atoms with Crippen molar-refractivity contribution >= 4 is 23.6 Å². The molecule has 1 aliphatic heterocycles. The first-order valence-corrected chi connectivity index (χ1v) is 5.64. The minimum atomic E-state index is -0.555. The quantitative estimate of drug-likeness (QED) is 0.351. The monoisotopic (exact) mass is 256 g/mol. The van der Waals surface area contributed by atoms with Crippen molar-refractivity contribution in [1.29, 1.82) is 0 Å². The third kappa shape index (κ3) is 5.83. The SMILES string of the molecule is O=C1CNC(=O)CC(=O)NCC(=O)NCCCN1. The minimum Gasteiger partial charge on any atom is -0.355 e. The molecule has 0 atom stereocenters. The molecule has 0 bridgehead atoms. The van der Waals surface area contributed by atoms with Gasteiger partial charge in [-0.25, -0.2) is 0 Å². The first-order valence-electron chi connectivity index (χ1n) is 5.64. The van der Waals surface area contributed by atoms with Crippen LogP contribution in [0.4, 0.5) is 0 Å². The summed E-state index contributed by atoms with van der Waals surface area (Å²) in [4.78, 5) is 44.9. The van der Waals surface area contributed by atoms with Crippen molar-refractivity contribution in [2.24, 2.45) is 0 Å². The van der Waals surface area contributed by atoms with E-state index in [-0.39, 0.29) is 24.9 Å². The van der Waals surface area contributed by atoms with Crippen LogP contribution in [0.2, 0.25) is 0 Å². The molecule has 1 saturated heterocycles. The standard InChI is InChI=1S/C10H16N4O4/c15-7-4-8(16)14-6-10(18)12-3-1-2-11-9(17)5-13-7/h1-6H2,(H,11,17)(H,12,18)(H,13,15)(H,14,16). The molecule has 0 aromatic heterocycles. The van der Waals surface area contributed by atoms with Gasteiger partial charge in [-0.2, -0.15) is 0 Å². The predicted molar refractivity (Wildman–Crippen MR) is 61.3 cm³/mol. The number of carbonyl (C=O) groups is 4. The lowest BCUT2D eigenvalue weighted by atomic mass is 10.3. The second kappa shape index (κ2) is 7.25. The first-order chi connectivity index (χ1) is 8.58. The first kappa shape index (κ1) is 13.9. The maximum absolute atomic E-state index is 11.2. The molecule has 1 aliphatic rings. The van der Waals surface area contributed by atoms with E-state index in [0.29, 0.717) is 19.5 Å². The van der Waals surface area contributed by atoms with E-state index in [1.54, 1.807) is 0 Å². The maximum atomic E-state index is 11.2. The second-order valence-corrected chi connectivity index (χ2v) is 3.78. The lowest BCUT2D eigenvalue weighted by Crippen LogP contribution is -2.43. The summed E-state index contributed by atoms with van der Waals surface area (Å²) in [5.41, 5.74) is 0. The molecule has 0 radical (unpaired) electrons.